The average molecular weight is 301 g/mol. The molecule has 1 aromatic carbocycles. The summed E-state index contributed by atoms with van der Waals surface area (Å²) in [5.41, 5.74) is 8.30. The van der Waals surface area contributed by atoms with E-state index in [4.69, 9.17) is 5.73 Å². The van der Waals surface area contributed by atoms with Crippen LogP contribution in [0, 0.1) is 0 Å². The molecule has 0 aliphatic carbocycles. The van der Waals surface area contributed by atoms with Crippen LogP contribution in [0.2, 0.25) is 0 Å². The van der Waals surface area contributed by atoms with Crippen LogP contribution in [0.25, 0.3) is 0 Å². The average Bonchev–Trinajstić information content (AvgIpc) is 2.81. The maximum absolute atomic E-state index is 5.80. The maximum atomic E-state index is 5.80. The Morgan fingerprint density at radius 1 is 1.56 bits per heavy atom. The predicted octanol–water partition coefficient (Wildman–Crippen LogP) is 2.85. The van der Waals surface area contributed by atoms with Crippen LogP contribution in [-0.2, 0) is 6.54 Å². The van der Waals surface area contributed by atoms with Crippen molar-refractivity contribution >= 4 is 33.4 Å². The third-order valence-electron chi connectivity index (χ3n) is 3.09. The lowest BCUT2D eigenvalue weighted by Gasteiger charge is -2.28. The third kappa shape index (κ3) is 2.55. The van der Waals surface area contributed by atoms with Crippen molar-refractivity contribution in [1.29, 1.82) is 0 Å². The van der Waals surface area contributed by atoms with E-state index >= 15 is 0 Å². The lowest BCUT2D eigenvalue weighted by atomic mass is 10.1. The van der Waals surface area contributed by atoms with Crippen LogP contribution in [0.4, 0.5) is 5.69 Å². The van der Waals surface area contributed by atoms with E-state index in [1.165, 1.54) is 29.2 Å². The van der Waals surface area contributed by atoms with Crippen molar-refractivity contribution in [3.05, 3.63) is 28.2 Å². The highest BCUT2D eigenvalue weighted by Crippen LogP contribution is 2.29. The normalized spacial score (nSPS) is 20.1. The Morgan fingerprint density at radius 3 is 3.00 bits per heavy atom. The second-order valence-electron chi connectivity index (χ2n) is 4.11. The molecule has 1 fully saturated rings. The molecule has 0 saturated carbocycles. The summed E-state index contributed by atoms with van der Waals surface area (Å²) in [7, 11) is 2.18. The van der Waals surface area contributed by atoms with E-state index in [1.54, 1.807) is 0 Å². The summed E-state index contributed by atoms with van der Waals surface area (Å²) in [4.78, 5) is 2.38. The molecular formula is C12H17BrN2S. The summed E-state index contributed by atoms with van der Waals surface area (Å²) in [6.07, 6.45) is 1.28. The molecule has 1 saturated heterocycles. The number of nitrogens with two attached hydrogens (primary N) is 1. The highest BCUT2D eigenvalue weighted by atomic mass is 79.9. The molecule has 2 rings (SSSR count). The molecule has 2 N–H and O–H groups in total. The fourth-order valence-electron chi connectivity index (χ4n) is 2.09. The molecule has 0 spiro atoms. The Kier molecular flexibility index (Phi) is 4.16. The molecule has 1 aromatic rings. The van der Waals surface area contributed by atoms with Gasteiger partial charge in [-0.2, -0.15) is 11.8 Å². The van der Waals surface area contributed by atoms with Crippen LogP contribution < -0.4 is 10.6 Å². The van der Waals surface area contributed by atoms with E-state index in [0.717, 1.165) is 4.47 Å². The lowest BCUT2D eigenvalue weighted by Crippen LogP contribution is -2.32. The van der Waals surface area contributed by atoms with Crippen molar-refractivity contribution in [3.63, 3.8) is 0 Å². The number of rotatable bonds is 3. The van der Waals surface area contributed by atoms with Crippen LogP contribution in [0.1, 0.15) is 12.0 Å². The van der Waals surface area contributed by atoms with Crippen LogP contribution in [0.3, 0.4) is 0 Å². The van der Waals surface area contributed by atoms with E-state index in [-0.39, 0.29) is 0 Å². The van der Waals surface area contributed by atoms with Gasteiger partial charge in [0.2, 0.25) is 0 Å². The minimum Gasteiger partial charge on any atom is -0.370 e. The number of benzene rings is 1. The van der Waals surface area contributed by atoms with E-state index < -0.39 is 0 Å². The van der Waals surface area contributed by atoms with Crippen LogP contribution in [0.5, 0.6) is 0 Å². The molecule has 4 heteroatoms. The second-order valence-corrected chi connectivity index (χ2v) is 6.17. The smallest absolute Gasteiger partial charge is 0.0412 e. The van der Waals surface area contributed by atoms with Gasteiger partial charge in [-0.15, -0.1) is 0 Å². The van der Waals surface area contributed by atoms with Crippen molar-refractivity contribution < 1.29 is 0 Å². The Balaban J connectivity index is 2.24. The summed E-state index contributed by atoms with van der Waals surface area (Å²) < 4.78 is 1.10. The SMILES string of the molecule is CN(c1ccc(Br)cc1CN)C1CCSC1. The minimum atomic E-state index is 0.596. The molecule has 1 aliphatic rings. The molecule has 0 amide bonds. The summed E-state index contributed by atoms with van der Waals surface area (Å²) >= 11 is 5.53. The Hall–Kier alpha value is -0.190. The van der Waals surface area contributed by atoms with Crippen molar-refractivity contribution in [3.8, 4) is 0 Å². The molecule has 16 heavy (non-hydrogen) atoms. The van der Waals surface area contributed by atoms with Crippen molar-refractivity contribution in [2.75, 3.05) is 23.5 Å². The van der Waals surface area contributed by atoms with E-state index in [1.807, 2.05) is 11.8 Å². The summed E-state index contributed by atoms with van der Waals surface area (Å²) in [5, 5.41) is 0. The zero-order valence-corrected chi connectivity index (χ0v) is 11.9. The fourth-order valence-corrected chi connectivity index (χ4v) is 3.76. The molecule has 1 atom stereocenters. The number of halogens is 1. The lowest BCUT2D eigenvalue weighted by molar-refractivity contribution is 0.696. The number of hydrogen-bond donors (Lipinski definition) is 1. The highest BCUT2D eigenvalue weighted by Gasteiger charge is 2.21. The number of anilines is 1. The van der Waals surface area contributed by atoms with Crippen LogP contribution in [0.15, 0.2) is 22.7 Å². The Labute approximate surface area is 110 Å². The van der Waals surface area contributed by atoms with Gasteiger partial charge in [-0.3, -0.25) is 0 Å². The molecular weight excluding hydrogens is 284 g/mol. The van der Waals surface area contributed by atoms with Crippen molar-refractivity contribution in [2.24, 2.45) is 5.73 Å². The first kappa shape index (κ1) is 12.3. The van der Waals surface area contributed by atoms with Gasteiger partial charge >= 0.3 is 0 Å². The molecule has 88 valence electrons. The summed E-state index contributed by atoms with van der Waals surface area (Å²) in [5.74, 6) is 2.51. The Morgan fingerprint density at radius 2 is 2.38 bits per heavy atom. The fraction of sp³-hybridized carbons (Fsp3) is 0.500. The van der Waals surface area contributed by atoms with Gasteiger partial charge in [0.05, 0.1) is 0 Å². The molecule has 0 radical (unpaired) electrons. The first-order valence-electron chi connectivity index (χ1n) is 5.51. The van der Waals surface area contributed by atoms with E-state index in [2.05, 4.69) is 46.1 Å². The third-order valence-corrected chi connectivity index (χ3v) is 4.73. The van der Waals surface area contributed by atoms with Crippen LogP contribution >= 0.6 is 27.7 Å². The van der Waals surface area contributed by atoms with Gasteiger partial charge in [0, 0.05) is 35.5 Å². The largest absolute Gasteiger partial charge is 0.370 e. The second kappa shape index (κ2) is 5.43. The standard InChI is InChI=1S/C12H17BrN2S/c1-15(11-4-5-16-8-11)12-3-2-10(13)6-9(12)7-14/h2-3,6,11H,4-5,7-8,14H2,1H3. The van der Waals surface area contributed by atoms with Crippen LogP contribution in [-0.4, -0.2) is 24.6 Å². The van der Waals surface area contributed by atoms with Gasteiger partial charge < -0.3 is 10.6 Å². The predicted molar refractivity (Wildman–Crippen MR) is 76.2 cm³/mol. The maximum Gasteiger partial charge on any atom is 0.0412 e. The summed E-state index contributed by atoms with van der Waals surface area (Å²) in [6.45, 7) is 0.596. The first-order chi connectivity index (χ1) is 7.72. The molecule has 0 bridgehead atoms. The van der Waals surface area contributed by atoms with Gasteiger partial charge in [0.25, 0.3) is 0 Å². The van der Waals surface area contributed by atoms with Crippen molar-refractivity contribution in [1.82, 2.24) is 0 Å². The number of nitrogens with zero attached hydrogens (tertiary/aromatic N) is 1. The van der Waals surface area contributed by atoms with Crippen molar-refractivity contribution in [2.45, 2.75) is 19.0 Å². The van der Waals surface area contributed by atoms with Gasteiger partial charge in [-0.05, 0) is 35.9 Å². The first-order valence-corrected chi connectivity index (χ1v) is 7.46. The number of thioether (sulfide) groups is 1. The highest BCUT2D eigenvalue weighted by molar-refractivity contribution is 9.10. The van der Waals surface area contributed by atoms with E-state index in [9.17, 15) is 0 Å². The molecule has 1 heterocycles. The summed E-state index contributed by atoms with van der Waals surface area (Å²) in [6, 6.07) is 7.03. The number of hydrogen-bond acceptors (Lipinski definition) is 3. The minimum absolute atomic E-state index is 0.596. The molecule has 1 unspecified atom stereocenters. The van der Waals surface area contributed by atoms with Gasteiger partial charge in [0.15, 0.2) is 0 Å². The zero-order chi connectivity index (χ0) is 11.5. The topological polar surface area (TPSA) is 29.3 Å². The molecule has 2 nitrogen and oxygen atoms in total. The molecule has 1 aliphatic heterocycles. The molecule has 0 aromatic heterocycles. The van der Waals surface area contributed by atoms with E-state index in [0.29, 0.717) is 12.6 Å². The zero-order valence-electron chi connectivity index (χ0n) is 9.45. The van der Waals surface area contributed by atoms with Gasteiger partial charge in [0.1, 0.15) is 0 Å². The van der Waals surface area contributed by atoms with Gasteiger partial charge in [-0.25, -0.2) is 0 Å². The quantitative estimate of drug-likeness (QED) is 0.931. The van der Waals surface area contributed by atoms with Gasteiger partial charge in [-0.1, -0.05) is 15.9 Å². The Bertz CT molecular complexity index is 364. The monoisotopic (exact) mass is 300 g/mol.